The Morgan fingerprint density at radius 3 is 1.63 bits per heavy atom. The molecule has 0 fully saturated rings. The average molecular weight is 326 g/mol. The standard InChI is InChI=1S/C16H24BrNO/c1-11(19)18(17)14-12(15(2,3)4)9-8-10-13(14)16(5,6)7/h8-10H,1-7H3. The Bertz CT molecular complexity index is 448. The van der Waals surface area contributed by atoms with Gasteiger partial charge in [0.15, 0.2) is 0 Å². The first kappa shape index (κ1) is 16.2. The van der Waals surface area contributed by atoms with Crippen LogP contribution in [0.1, 0.15) is 59.6 Å². The van der Waals surface area contributed by atoms with Gasteiger partial charge in [0.1, 0.15) is 0 Å². The van der Waals surface area contributed by atoms with Crippen LogP contribution in [0.3, 0.4) is 0 Å². The second kappa shape index (κ2) is 5.28. The molecule has 0 bridgehead atoms. The Labute approximate surface area is 125 Å². The number of anilines is 1. The van der Waals surface area contributed by atoms with Gasteiger partial charge in [-0.05, 0) is 22.0 Å². The highest BCUT2D eigenvalue weighted by Gasteiger charge is 2.28. The van der Waals surface area contributed by atoms with Crippen LogP contribution in [0.25, 0.3) is 0 Å². The van der Waals surface area contributed by atoms with Crippen molar-refractivity contribution in [2.75, 3.05) is 3.93 Å². The molecule has 0 aliphatic heterocycles. The summed E-state index contributed by atoms with van der Waals surface area (Å²) in [6.45, 7) is 14.6. The summed E-state index contributed by atoms with van der Waals surface area (Å²) in [5.74, 6) is -0.0119. The SMILES string of the molecule is CC(=O)N(Br)c1c(C(C)(C)C)cccc1C(C)(C)C. The molecule has 0 N–H and O–H groups in total. The molecule has 0 aliphatic carbocycles. The van der Waals surface area contributed by atoms with E-state index in [2.05, 4.69) is 75.9 Å². The van der Waals surface area contributed by atoms with Crippen LogP contribution in [0, 0.1) is 0 Å². The molecule has 1 amide bonds. The molecule has 0 spiro atoms. The van der Waals surface area contributed by atoms with Crippen molar-refractivity contribution in [3.63, 3.8) is 0 Å². The van der Waals surface area contributed by atoms with Crippen molar-refractivity contribution in [2.45, 2.75) is 59.3 Å². The van der Waals surface area contributed by atoms with E-state index in [-0.39, 0.29) is 16.7 Å². The van der Waals surface area contributed by atoms with Crippen LogP contribution in [-0.4, -0.2) is 5.91 Å². The fourth-order valence-corrected chi connectivity index (χ4v) is 2.50. The maximum Gasteiger partial charge on any atom is 0.233 e. The van der Waals surface area contributed by atoms with Crippen molar-refractivity contribution in [3.8, 4) is 0 Å². The number of nitrogens with zero attached hydrogens (tertiary/aromatic N) is 1. The fraction of sp³-hybridized carbons (Fsp3) is 0.562. The minimum atomic E-state index is -0.0158. The zero-order valence-electron chi connectivity index (χ0n) is 13.0. The number of hydrogen-bond donors (Lipinski definition) is 0. The summed E-state index contributed by atoms with van der Waals surface area (Å²) in [7, 11) is 0. The van der Waals surface area contributed by atoms with E-state index >= 15 is 0 Å². The second-order valence-electron chi connectivity index (χ2n) is 7.00. The average Bonchev–Trinajstić information content (AvgIpc) is 2.24. The van der Waals surface area contributed by atoms with E-state index in [4.69, 9.17) is 0 Å². The van der Waals surface area contributed by atoms with Crippen molar-refractivity contribution in [3.05, 3.63) is 29.3 Å². The molecule has 0 saturated heterocycles. The highest BCUT2D eigenvalue weighted by molar-refractivity contribution is 9.10. The Hall–Kier alpha value is -0.830. The third kappa shape index (κ3) is 3.59. The molecule has 0 radical (unpaired) electrons. The normalized spacial score (nSPS) is 12.4. The molecule has 0 atom stereocenters. The third-order valence-corrected chi connectivity index (χ3v) is 3.98. The van der Waals surface area contributed by atoms with Crippen molar-refractivity contribution in [1.82, 2.24) is 0 Å². The lowest BCUT2D eigenvalue weighted by Crippen LogP contribution is -2.26. The Morgan fingerprint density at radius 1 is 1.00 bits per heavy atom. The number of hydrogen-bond acceptors (Lipinski definition) is 1. The molecular formula is C16H24BrNO. The maximum atomic E-state index is 11.8. The first-order valence-corrected chi connectivity index (χ1v) is 7.27. The van der Waals surface area contributed by atoms with Gasteiger partial charge in [-0.15, -0.1) is 0 Å². The van der Waals surface area contributed by atoms with E-state index in [0.717, 1.165) is 5.69 Å². The zero-order chi connectivity index (χ0) is 15.0. The quantitative estimate of drug-likeness (QED) is 0.669. The lowest BCUT2D eigenvalue weighted by Gasteiger charge is -2.32. The van der Waals surface area contributed by atoms with Crippen molar-refractivity contribution in [1.29, 1.82) is 0 Å². The minimum Gasteiger partial charge on any atom is -0.274 e. The van der Waals surface area contributed by atoms with Crippen LogP contribution in [0.4, 0.5) is 5.69 Å². The van der Waals surface area contributed by atoms with Crippen LogP contribution in [0.5, 0.6) is 0 Å². The predicted octanol–water partition coefficient (Wildman–Crippen LogP) is 4.94. The number of amides is 1. The summed E-state index contributed by atoms with van der Waals surface area (Å²) in [5, 5.41) is 0. The fourth-order valence-electron chi connectivity index (χ4n) is 2.12. The van der Waals surface area contributed by atoms with Crippen molar-refractivity contribution >= 4 is 27.7 Å². The summed E-state index contributed by atoms with van der Waals surface area (Å²) in [6, 6.07) is 6.27. The van der Waals surface area contributed by atoms with Gasteiger partial charge in [0.2, 0.25) is 5.91 Å². The van der Waals surface area contributed by atoms with Gasteiger partial charge in [-0.3, -0.25) is 4.79 Å². The zero-order valence-corrected chi connectivity index (χ0v) is 14.6. The molecule has 1 rings (SSSR count). The Kier molecular flexibility index (Phi) is 4.51. The molecule has 0 unspecified atom stereocenters. The summed E-state index contributed by atoms with van der Waals surface area (Å²) in [4.78, 5) is 11.8. The Balaban J connectivity index is 3.64. The van der Waals surface area contributed by atoms with Crippen LogP contribution < -0.4 is 3.93 Å². The molecule has 3 heteroatoms. The lowest BCUT2D eigenvalue weighted by molar-refractivity contribution is -0.115. The highest BCUT2D eigenvalue weighted by atomic mass is 79.9. The predicted molar refractivity (Wildman–Crippen MR) is 85.9 cm³/mol. The van der Waals surface area contributed by atoms with Crippen LogP contribution in [0.15, 0.2) is 18.2 Å². The molecule has 106 valence electrons. The molecule has 0 aliphatic rings. The molecule has 19 heavy (non-hydrogen) atoms. The summed E-state index contributed by atoms with van der Waals surface area (Å²) in [5.41, 5.74) is 3.30. The van der Waals surface area contributed by atoms with Gasteiger partial charge in [-0.25, -0.2) is 3.93 Å². The first-order chi connectivity index (χ1) is 8.46. The van der Waals surface area contributed by atoms with Crippen molar-refractivity contribution < 1.29 is 4.79 Å². The summed E-state index contributed by atoms with van der Waals surface area (Å²) in [6.07, 6.45) is 0. The summed E-state index contributed by atoms with van der Waals surface area (Å²) < 4.78 is 1.59. The van der Waals surface area contributed by atoms with E-state index in [0.29, 0.717) is 0 Å². The molecule has 0 heterocycles. The van der Waals surface area contributed by atoms with Crippen LogP contribution in [0.2, 0.25) is 0 Å². The number of para-hydroxylation sites is 1. The number of carbonyl (C=O) groups excluding carboxylic acids is 1. The molecular weight excluding hydrogens is 302 g/mol. The van der Waals surface area contributed by atoms with Gasteiger partial charge >= 0.3 is 0 Å². The molecule has 0 saturated carbocycles. The molecule has 0 aromatic heterocycles. The molecule has 1 aromatic rings. The van der Waals surface area contributed by atoms with E-state index in [9.17, 15) is 4.79 Å². The largest absolute Gasteiger partial charge is 0.274 e. The summed E-state index contributed by atoms with van der Waals surface area (Å²) >= 11 is 3.42. The van der Waals surface area contributed by atoms with Gasteiger partial charge in [-0.2, -0.15) is 0 Å². The second-order valence-corrected chi connectivity index (χ2v) is 7.71. The number of carbonyl (C=O) groups is 1. The first-order valence-electron chi connectivity index (χ1n) is 6.56. The van der Waals surface area contributed by atoms with E-state index in [1.807, 2.05) is 0 Å². The highest BCUT2D eigenvalue weighted by Crippen LogP contribution is 2.41. The smallest absolute Gasteiger partial charge is 0.233 e. The number of halogens is 1. The third-order valence-electron chi connectivity index (χ3n) is 3.12. The minimum absolute atomic E-state index is 0.0119. The van der Waals surface area contributed by atoms with Gasteiger partial charge < -0.3 is 0 Å². The lowest BCUT2D eigenvalue weighted by atomic mass is 9.79. The van der Waals surface area contributed by atoms with Gasteiger partial charge in [0, 0.05) is 6.92 Å². The topological polar surface area (TPSA) is 20.3 Å². The van der Waals surface area contributed by atoms with Crippen LogP contribution in [-0.2, 0) is 15.6 Å². The van der Waals surface area contributed by atoms with E-state index < -0.39 is 0 Å². The Morgan fingerprint density at radius 2 is 1.37 bits per heavy atom. The maximum absolute atomic E-state index is 11.8. The van der Waals surface area contributed by atoms with Crippen molar-refractivity contribution in [2.24, 2.45) is 0 Å². The van der Waals surface area contributed by atoms with E-state index in [1.54, 1.807) is 10.8 Å². The molecule has 2 nitrogen and oxygen atoms in total. The monoisotopic (exact) mass is 325 g/mol. The van der Waals surface area contributed by atoms with E-state index in [1.165, 1.54) is 11.1 Å². The molecule has 1 aromatic carbocycles. The van der Waals surface area contributed by atoms with Gasteiger partial charge in [0.25, 0.3) is 0 Å². The van der Waals surface area contributed by atoms with Gasteiger partial charge in [0.05, 0.1) is 21.8 Å². The van der Waals surface area contributed by atoms with Gasteiger partial charge in [-0.1, -0.05) is 59.7 Å². The van der Waals surface area contributed by atoms with Crippen LogP contribution >= 0.6 is 16.1 Å². The number of rotatable bonds is 1. The number of benzene rings is 1.